The fraction of sp³-hybridized carbons (Fsp3) is 0.600. The molecule has 0 aromatic heterocycles. The summed E-state index contributed by atoms with van der Waals surface area (Å²) < 4.78 is 0. The number of likely N-dealkylation sites (tertiary alicyclic amines) is 1. The number of rotatable bonds is 1. The van der Waals surface area contributed by atoms with E-state index in [2.05, 4.69) is 29.0 Å². The zero-order chi connectivity index (χ0) is 12.5. The van der Waals surface area contributed by atoms with Gasteiger partial charge in [-0.1, -0.05) is 12.1 Å². The summed E-state index contributed by atoms with van der Waals surface area (Å²) in [7, 11) is 2.24. The Balaban J connectivity index is 1.74. The lowest BCUT2D eigenvalue weighted by Gasteiger charge is -2.40. The second kappa shape index (κ2) is 4.90. The molecule has 0 spiro atoms. The highest BCUT2D eigenvalue weighted by atomic mass is 15.2. The van der Waals surface area contributed by atoms with E-state index in [0.29, 0.717) is 0 Å². The highest BCUT2D eigenvalue weighted by Crippen LogP contribution is 2.27. The van der Waals surface area contributed by atoms with Crippen LogP contribution in [0.2, 0.25) is 0 Å². The van der Waals surface area contributed by atoms with E-state index in [1.807, 2.05) is 6.07 Å². The van der Waals surface area contributed by atoms with Crippen molar-refractivity contribution >= 4 is 5.69 Å². The number of fused-ring (bicyclic) bond motifs is 1. The summed E-state index contributed by atoms with van der Waals surface area (Å²) in [5, 5.41) is 0. The summed E-state index contributed by atoms with van der Waals surface area (Å²) in [6.45, 7) is 4.73. The molecule has 3 heteroatoms. The average molecular weight is 245 g/mol. The van der Waals surface area contributed by atoms with Crippen LogP contribution in [0.15, 0.2) is 18.2 Å². The molecule has 0 radical (unpaired) electrons. The Morgan fingerprint density at radius 2 is 2.17 bits per heavy atom. The molecule has 3 rings (SSSR count). The zero-order valence-electron chi connectivity index (χ0n) is 11.2. The van der Waals surface area contributed by atoms with Crippen LogP contribution < -0.4 is 5.73 Å². The lowest BCUT2D eigenvalue weighted by molar-refractivity contribution is 0.101. The van der Waals surface area contributed by atoms with E-state index in [9.17, 15) is 0 Å². The Kier molecular flexibility index (Phi) is 3.27. The van der Waals surface area contributed by atoms with Crippen LogP contribution in [-0.2, 0) is 13.0 Å². The smallest absolute Gasteiger partial charge is 0.0350 e. The van der Waals surface area contributed by atoms with Gasteiger partial charge in [-0.2, -0.15) is 0 Å². The van der Waals surface area contributed by atoms with Crippen LogP contribution in [0.25, 0.3) is 0 Å². The predicted octanol–water partition coefficient (Wildman–Crippen LogP) is 1.72. The molecule has 98 valence electrons. The molecule has 0 amide bonds. The van der Waals surface area contributed by atoms with Gasteiger partial charge in [0.1, 0.15) is 0 Å². The van der Waals surface area contributed by atoms with E-state index in [-0.39, 0.29) is 0 Å². The minimum Gasteiger partial charge on any atom is -0.398 e. The van der Waals surface area contributed by atoms with Gasteiger partial charge in [0.05, 0.1) is 0 Å². The second-order valence-electron chi connectivity index (χ2n) is 5.76. The molecule has 3 nitrogen and oxygen atoms in total. The molecule has 2 N–H and O–H groups in total. The average Bonchev–Trinajstić information content (AvgIpc) is 2.39. The molecule has 1 aromatic carbocycles. The molecule has 1 aromatic rings. The van der Waals surface area contributed by atoms with E-state index in [1.165, 1.54) is 43.6 Å². The van der Waals surface area contributed by atoms with E-state index in [0.717, 1.165) is 24.7 Å². The maximum Gasteiger partial charge on any atom is 0.0350 e. The number of benzene rings is 1. The van der Waals surface area contributed by atoms with Crippen molar-refractivity contribution in [3.8, 4) is 0 Å². The van der Waals surface area contributed by atoms with Crippen LogP contribution in [-0.4, -0.2) is 42.5 Å². The zero-order valence-corrected chi connectivity index (χ0v) is 11.2. The van der Waals surface area contributed by atoms with Crippen molar-refractivity contribution in [2.45, 2.75) is 31.8 Å². The molecule has 0 aliphatic carbocycles. The number of nitrogens with two attached hydrogens (primary N) is 1. The van der Waals surface area contributed by atoms with Gasteiger partial charge in [0.15, 0.2) is 0 Å². The van der Waals surface area contributed by atoms with E-state index >= 15 is 0 Å². The molecule has 2 heterocycles. The summed E-state index contributed by atoms with van der Waals surface area (Å²) in [5.41, 5.74) is 9.87. The predicted molar refractivity (Wildman–Crippen MR) is 75.5 cm³/mol. The standard InChI is InChI=1S/C15H23N3/c1-17-8-3-5-13(11-17)18-9-7-14-12(10-18)4-2-6-15(14)16/h2,4,6,13H,3,5,7-11,16H2,1H3. The summed E-state index contributed by atoms with van der Waals surface area (Å²) in [6.07, 6.45) is 3.80. The molecule has 18 heavy (non-hydrogen) atoms. The van der Waals surface area contributed by atoms with Gasteiger partial charge in [-0.15, -0.1) is 0 Å². The third kappa shape index (κ3) is 2.25. The molecule has 1 atom stereocenters. The molecular formula is C15H23N3. The molecule has 2 aliphatic rings. The normalized spacial score (nSPS) is 25.9. The van der Waals surface area contributed by atoms with E-state index in [4.69, 9.17) is 5.73 Å². The largest absolute Gasteiger partial charge is 0.398 e. The molecule has 1 unspecified atom stereocenters. The van der Waals surface area contributed by atoms with E-state index < -0.39 is 0 Å². The molecule has 0 saturated carbocycles. The second-order valence-corrected chi connectivity index (χ2v) is 5.76. The van der Waals surface area contributed by atoms with Crippen LogP contribution in [0, 0.1) is 0 Å². The number of hydrogen-bond acceptors (Lipinski definition) is 3. The van der Waals surface area contributed by atoms with Gasteiger partial charge >= 0.3 is 0 Å². The van der Waals surface area contributed by atoms with Gasteiger partial charge < -0.3 is 10.6 Å². The summed E-state index contributed by atoms with van der Waals surface area (Å²) in [5.74, 6) is 0. The summed E-state index contributed by atoms with van der Waals surface area (Å²) in [6, 6.07) is 7.09. The van der Waals surface area contributed by atoms with Gasteiger partial charge in [-0.25, -0.2) is 0 Å². The topological polar surface area (TPSA) is 32.5 Å². The highest BCUT2D eigenvalue weighted by molar-refractivity contribution is 5.51. The van der Waals surface area contributed by atoms with Crippen LogP contribution in [0.4, 0.5) is 5.69 Å². The first-order chi connectivity index (χ1) is 8.74. The highest BCUT2D eigenvalue weighted by Gasteiger charge is 2.27. The first-order valence-corrected chi connectivity index (χ1v) is 7.03. The number of likely N-dealkylation sites (N-methyl/N-ethyl adjacent to an activating group) is 1. The van der Waals surface area contributed by atoms with Crippen LogP contribution in [0.3, 0.4) is 0 Å². The minimum absolute atomic E-state index is 0.735. The number of piperidine rings is 1. The van der Waals surface area contributed by atoms with Gasteiger partial charge in [-0.3, -0.25) is 4.90 Å². The fourth-order valence-electron chi connectivity index (χ4n) is 3.41. The summed E-state index contributed by atoms with van der Waals surface area (Å²) in [4.78, 5) is 5.11. The van der Waals surface area contributed by atoms with Crippen molar-refractivity contribution in [2.75, 3.05) is 32.4 Å². The molecular weight excluding hydrogens is 222 g/mol. The SMILES string of the molecule is CN1CCCC(N2CCc3c(N)cccc3C2)C1. The van der Waals surface area contributed by atoms with Crippen molar-refractivity contribution in [1.82, 2.24) is 9.80 Å². The first kappa shape index (κ1) is 12.0. The fourth-order valence-corrected chi connectivity index (χ4v) is 3.41. The lowest BCUT2D eigenvalue weighted by atomic mass is 9.95. The van der Waals surface area contributed by atoms with Crippen molar-refractivity contribution < 1.29 is 0 Å². The maximum atomic E-state index is 6.06. The number of nitrogens with zero attached hydrogens (tertiary/aromatic N) is 2. The maximum absolute atomic E-state index is 6.06. The molecule has 1 fully saturated rings. The number of anilines is 1. The Bertz CT molecular complexity index is 430. The van der Waals surface area contributed by atoms with Gasteiger partial charge in [0, 0.05) is 31.4 Å². The quantitative estimate of drug-likeness (QED) is 0.765. The molecule has 0 bridgehead atoms. The van der Waals surface area contributed by atoms with Gasteiger partial charge in [0.2, 0.25) is 0 Å². The molecule has 1 saturated heterocycles. The Labute approximate surface area is 110 Å². The van der Waals surface area contributed by atoms with Crippen LogP contribution in [0.1, 0.15) is 24.0 Å². The van der Waals surface area contributed by atoms with Gasteiger partial charge in [-0.05, 0) is 50.0 Å². The van der Waals surface area contributed by atoms with Crippen molar-refractivity contribution in [3.63, 3.8) is 0 Å². The first-order valence-electron chi connectivity index (χ1n) is 7.03. The monoisotopic (exact) mass is 245 g/mol. The summed E-state index contributed by atoms with van der Waals surface area (Å²) >= 11 is 0. The third-order valence-corrected chi connectivity index (χ3v) is 4.45. The van der Waals surface area contributed by atoms with Crippen molar-refractivity contribution in [1.29, 1.82) is 0 Å². The Morgan fingerprint density at radius 3 is 3.00 bits per heavy atom. The Hall–Kier alpha value is -1.06. The number of nitrogen functional groups attached to an aromatic ring is 1. The van der Waals surface area contributed by atoms with Crippen molar-refractivity contribution in [3.05, 3.63) is 29.3 Å². The molecule has 2 aliphatic heterocycles. The Morgan fingerprint density at radius 1 is 1.28 bits per heavy atom. The minimum atomic E-state index is 0.735. The van der Waals surface area contributed by atoms with Crippen molar-refractivity contribution in [2.24, 2.45) is 0 Å². The van der Waals surface area contributed by atoms with Gasteiger partial charge in [0.25, 0.3) is 0 Å². The lowest BCUT2D eigenvalue weighted by Crippen LogP contribution is -2.48. The van der Waals surface area contributed by atoms with Crippen LogP contribution in [0.5, 0.6) is 0 Å². The van der Waals surface area contributed by atoms with E-state index in [1.54, 1.807) is 0 Å². The number of hydrogen-bond donors (Lipinski definition) is 1. The van der Waals surface area contributed by atoms with Crippen LogP contribution >= 0.6 is 0 Å². The third-order valence-electron chi connectivity index (χ3n) is 4.45.